The topological polar surface area (TPSA) is 175 Å². The maximum absolute atomic E-state index is 11.1. The summed E-state index contributed by atoms with van der Waals surface area (Å²) >= 11 is 0. The van der Waals surface area contributed by atoms with Crippen LogP contribution in [-0.2, 0) is 25.0 Å². The molecular formula is C41H54N14O2. The number of aliphatic hydroxyl groups excluding tert-OH is 1. The number of aliphatic hydroxyl groups is 1. The lowest BCUT2D eigenvalue weighted by atomic mass is 10.1. The first-order valence-electron chi connectivity index (χ1n) is 18.3. The van der Waals surface area contributed by atoms with Crippen LogP contribution in [0.3, 0.4) is 0 Å². The number of aromatic nitrogens is 7. The highest BCUT2D eigenvalue weighted by Gasteiger charge is 2.17. The number of carbonyl (C=O) groups is 1. The predicted molar refractivity (Wildman–Crippen MR) is 232 cm³/mol. The van der Waals surface area contributed by atoms with E-state index in [-0.39, 0.29) is 13.0 Å². The molecule has 0 radical (unpaired) electrons. The summed E-state index contributed by atoms with van der Waals surface area (Å²) in [5, 5.41) is 22.1. The van der Waals surface area contributed by atoms with E-state index in [4.69, 9.17) is 5.84 Å². The molecule has 6 rings (SSSR count). The molecule has 0 aliphatic heterocycles. The Morgan fingerprint density at radius 1 is 0.982 bits per heavy atom. The quantitative estimate of drug-likeness (QED) is 0.0423. The molecule has 0 aliphatic rings. The Morgan fingerprint density at radius 2 is 1.67 bits per heavy atom. The van der Waals surface area contributed by atoms with E-state index in [1.807, 2.05) is 112 Å². The van der Waals surface area contributed by atoms with E-state index in [1.54, 1.807) is 48.9 Å². The van der Waals surface area contributed by atoms with Gasteiger partial charge in [-0.15, -0.1) is 0 Å². The number of aldehydes is 1. The van der Waals surface area contributed by atoms with Gasteiger partial charge in [-0.05, 0) is 43.1 Å². The highest BCUT2D eigenvalue weighted by Crippen LogP contribution is 2.27. The van der Waals surface area contributed by atoms with Crippen molar-refractivity contribution in [3.8, 4) is 11.3 Å². The van der Waals surface area contributed by atoms with Crippen molar-refractivity contribution in [3.05, 3.63) is 109 Å². The van der Waals surface area contributed by atoms with E-state index in [0.717, 1.165) is 57.4 Å². The average Bonchev–Trinajstić information content (AvgIpc) is 3.93. The summed E-state index contributed by atoms with van der Waals surface area (Å²) in [4.78, 5) is 32.4. The summed E-state index contributed by atoms with van der Waals surface area (Å²) in [5.74, 6) is 7.16. The Labute approximate surface area is 334 Å². The molecule has 0 unspecified atom stereocenters. The fraction of sp³-hybridized carbons (Fsp3) is 0.268. The fourth-order valence-electron chi connectivity index (χ4n) is 5.75. The first-order valence-corrected chi connectivity index (χ1v) is 18.3. The summed E-state index contributed by atoms with van der Waals surface area (Å²) in [5.41, 5.74) is 8.60. The minimum atomic E-state index is -0.143. The summed E-state index contributed by atoms with van der Waals surface area (Å²) in [6.07, 6.45) is 15.1. The number of aryl methyl sites for hydroxylation is 1. The first kappa shape index (κ1) is 43.0. The second-order valence-corrected chi connectivity index (χ2v) is 12.9. The van der Waals surface area contributed by atoms with Crippen LogP contribution in [0.5, 0.6) is 0 Å². The molecule has 300 valence electrons. The third-order valence-corrected chi connectivity index (χ3v) is 8.38. The fourth-order valence-corrected chi connectivity index (χ4v) is 5.75. The molecular weight excluding hydrogens is 721 g/mol. The number of aliphatic imine (C=N–C) groups is 1. The third-order valence-electron chi connectivity index (χ3n) is 8.38. The Kier molecular flexibility index (Phi) is 15.7. The number of fused-ring (bicyclic) bond motifs is 1. The van der Waals surface area contributed by atoms with E-state index >= 15 is 0 Å². The summed E-state index contributed by atoms with van der Waals surface area (Å²) in [6.45, 7) is 7.88. The molecule has 16 heteroatoms. The molecule has 57 heavy (non-hydrogen) atoms. The molecule has 0 spiro atoms. The highest BCUT2D eigenvalue weighted by molar-refractivity contribution is 5.79. The smallest absolute Gasteiger partial charge is 0.180 e. The van der Waals surface area contributed by atoms with Crippen molar-refractivity contribution in [1.82, 2.24) is 38.7 Å². The Balaban J connectivity index is 0.000000242. The second-order valence-electron chi connectivity index (χ2n) is 12.9. The zero-order chi connectivity index (χ0) is 41.5. The molecule has 0 amide bonds. The van der Waals surface area contributed by atoms with Crippen LogP contribution < -0.4 is 26.3 Å². The molecule has 6 aromatic rings. The monoisotopic (exact) mass is 774 g/mol. The summed E-state index contributed by atoms with van der Waals surface area (Å²) < 4.78 is 5.50. The van der Waals surface area contributed by atoms with E-state index in [1.165, 1.54) is 5.01 Å². The van der Waals surface area contributed by atoms with Crippen molar-refractivity contribution in [1.29, 1.82) is 0 Å². The summed E-state index contributed by atoms with van der Waals surface area (Å²) in [6, 6.07) is 16.2. The van der Waals surface area contributed by atoms with Gasteiger partial charge < -0.3 is 35.3 Å². The SMILES string of the molecule is C=N/C=C\n1c(-c2cn(C)nc2CO)cnc1CNc1cccc(N(C)C)c1.CC.CN(N)/C=C(\CC=O)c1cnc2c(Nc3cccc(N(C)C)c3)nccn12. The van der Waals surface area contributed by atoms with Crippen molar-refractivity contribution in [2.45, 2.75) is 33.4 Å². The molecule has 0 fully saturated rings. The third kappa shape index (κ3) is 11.1. The Bertz CT molecular complexity index is 2280. The summed E-state index contributed by atoms with van der Waals surface area (Å²) in [7, 11) is 11.5. The average molecular weight is 775 g/mol. The maximum Gasteiger partial charge on any atom is 0.180 e. The van der Waals surface area contributed by atoms with Crippen LogP contribution >= 0.6 is 0 Å². The number of benzene rings is 2. The van der Waals surface area contributed by atoms with Crippen LogP contribution in [0.4, 0.5) is 28.6 Å². The first-order chi connectivity index (χ1) is 27.5. The standard InChI is InChI=1S/C20H25N7O.C19H23N7O.C2H6/c1-21-8-9-27-19(17-13-26(4)24-18(17)14-28)11-23-20(27)12-22-15-6-5-7-16(10-15)25(2)3;1-24(2)16-6-4-5-15(11-16)23-18-19-22-12-17(26(19)9-8-21-18)14(7-10-27)13-25(3)20;1-2/h5-11,13,22,28H,1,12,14H2,2-4H3;4-6,8-13H,7,20H2,1-3H3,(H,21,23);1-2H3/b9-8-;14-13+;. The number of hydrogen-bond donors (Lipinski definition) is 4. The molecule has 4 aromatic heterocycles. The zero-order valence-electron chi connectivity index (χ0n) is 34.0. The Hall–Kier alpha value is -6.78. The van der Waals surface area contributed by atoms with E-state index in [9.17, 15) is 9.90 Å². The van der Waals surface area contributed by atoms with Gasteiger partial charge >= 0.3 is 0 Å². The van der Waals surface area contributed by atoms with Crippen molar-refractivity contribution < 1.29 is 9.90 Å². The van der Waals surface area contributed by atoms with Crippen molar-refractivity contribution in [3.63, 3.8) is 0 Å². The number of allylic oxidation sites excluding steroid dienone is 1. The van der Waals surface area contributed by atoms with Gasteiger partial charge in [-0.25, -0.2) is 20.8 Å². The number of nitrogens with two attached hydrogens (primary N) is 1. The van der Waals surface area contributed by atoms with Crippen molar-refractivity contribution in [2.75, 3.05) is 55.7 Å². The molecule has 2 aromatic carbocycles. The highest BCUT2D eigenvalue weighted by atomic mass is 16.3. The lowest BCUT2D eigenvalue weighted by Crippen LogP contribution is -2.19. The van der Waals surface area contributed by atoms with Crippen LogP contribution in [0.1, 0.15) is 37.5 Å². The maximum atomic E-state index is 11.1. The van der Waals surface area contributed by atoms with E-state index in [0.29, 0.717) is 23.7 Å². The van der Waals surface area contributed by atoms with Crippen LogP contribution in [0.2, 0.25) is 0 Å². The lowest BCUT2D eigenvalue weighted by Gasteiger charge is -2.14. The molecule has 0 saturated heterocycles. The van der Waals surface area contributed by atoms with Gasteiger partial charge in [0.25, 0.3) is 0 Å². The number of nitrogens with zero attached hydrogens (tertiary/aromatic N) is 11. The molecule has 0 aliphatic carbocycles. The normalized spacial score (nSPS) is 11.0. The zero-order valence-corrected chi connectivity index (χ0v) is 34.0. The van der Waals surface area contributed by atoms with Gasteiger partial charge in [-0.2, -0.15) is 5.10 Å². The minimum absolute atomic E-state index is 0.143. The van der Waals surface area contributed by atoms with Gasteiger partial charge in [0.05, 0.1) is 42.6 Å². The number of carbonyl (C=O) groups excluding carboxylic acids is 1. The number of rotatable bonds is 15. The molecule has 0 atom stereocenters. The van der Waals surface area contributed by atoms with E-state index < -0.39 is 0 Å². The number of hydrogen-bond acceptors (Lipinski definition) is 13. The molecule has 0 saturated carbocycles. The largest absolute Gasteiger partial charge is 0.390 e. The minimum Gasteiger partial charge on any atom is -0.390 e. The van der Waals surface area contributed by atoms with Gasteiger partial charge in [-0.1, -0.05) is 26.0 Å². The lowest BCUT2D eigenvalue weighted by molar-refractivity contribution is -0.107. The molecule has 5 N–H and O–H groups in total. The van der Waals surface area contributed by atoms with E-state index in [2.05, 4.69) is 59.4 Å². The van der Waals surface area contributed by atoms with Crippen LogP contribution in [0, 0.1) is 0 Å². The number of hydrazine groups is 1. The van der Waals surface area contributed by atoms with Gasteiger partial charge in [-0.3, -0.25) is 18.6 Å². The number of imidazole rings is 2. The Morgan fingerprint density at radius 3 is 2.30 bits per heavy atom. The van der Waals surface area contributed by atoms with Crippen LogP contribution in [0.25, 0.3) is 28.7 Å². The van der Waals surface area contributed by atoms with Gasteiger partial charge in [0, 0.05) is 120 Å². The van der Waals surface area contributed by atoms with Crippen molar-refractivity contribution >= 4 is 59.0 Å². The van der Waals surface area contributed by atoms with Crippen LogP contribution in [0.15, 0.2) is 96.9 Å². The molecule has 0 bridgehead atoms. The van der Waals surface area contributed by atoms with Gasteiger partial charge in [0.15, 0.2) is 11.5 Å². The number of nitrogens with one attached hydrogen (secondary N) is 2. The molecule has 4 heterocycles. The number of anilines is 5. The van der Waals surface area contributed by atoms with Gasteiger partial charge in [0.1, 0.15) is 12.1 Å². The second kappa shape index (κ2) is 20.8. The predicted octanol–water partition coefficient (Wildman–Crippen LogP) is 5.88. The van der Waals surface area contributed by atoms with Crippen LogP contribution in [-0.4, -0.2) is 92.1 Å². The van der Waals surface area contributed by atoms with Crippen molar-refractivity contribution in [2.24, 2.45) is 17.9 Å². The van der Waals surface area contributed by atoms with Gasteiger partial charge in [0.2, 0.25) is 0 Å². The molecule has 16 nitrogen and oxygen atoms in total.